The summed E-state index contributed by atoms with van der Waals surface area (Å²) >= 11 is 0. The van der Waals surface area contributed by atoms with Gasteiger partial charge in [0.2, 0.25) is 5.91 Å². The molecule has 7 heteroatoms. The highest BCUT2D eigenvalue weighted by molar-refractivity contribution is 5.79. The molecule has 3 aliphatic rings. The average molecular weight is 385 g/mol. The van der Waals surface area contributed by atoms with E-state index in [-0.39, 0.29) is 12.0 Å². The van der Waals surface area contributed by atoms with E-state index in [0.29, 0.717) is 24.5 Å². The third kappa shape index (κ3) is 4.82. The average Bonchev–Trinajstić information content (AvgIpc) is 2.70. The normalized spacial score (nSPS) is 39.5. The van der Waals surface area contributed by atoms with Gasteiger partial charge in [0.1, 0.15) is 6.10 Å². The van der Waals surface area contributed by atoms with Crippen molar-refractivity contribution in [3.63, 3.8) is 0 Å². The quantitative estimate of drug-likeness (QED) is 0.642. The third-order valence-corrected chi connectivity index (χ3v) is 7.01. The second-order valence-electron chi connectivity index (χ2n) is 8.72. The number of β-amino-alcohol motifs (C(OH)–C–C–N with tert-alkyl or cyclic N) is 1. The van der Waals surface area contributed by atoms with Crippen LogP contribution in [0.5, 0.6) is 0 Å². The number of methoxy groups -OCH3 is 1. The molecule has 0 spiro atoms. The summed E-state index contributed by atoms with van der Waals surface area (Å²) in [7, 11) is 1.75. The van der Waals surface area contributed by atoms with Gasteiger partial charge in [0.05, 0.1) is 18.3 Å². The van der Waals surface area contributed by atoms with Gasteiger partial charge >= 0.3 is 0 Å². The Morgan fingerprint density at radius 1 is 1.00 bits per heavy atom. The standard InChI is InChI=1S/C20H36N2O5/c1-13-18(24)19(25)17(23)12-22(13)11-14-7-9-21(10-8-14)20(26)15-3-5-16(27-2)6-4-15/h13-19,23-25H,3-12H2,1-2H3/t13-,15?,16?,17+,18-,19-/m1/s1. The van der Waals surface area contributed by atoms with Crippen molar-refractivity contribution in [2.24, 2.45) is 11.8 Å². The maximum atomic E-state index is 12.8. The molecule has 1 aliphatic carbocycles. The van der Waals surface area contributed by atoms with E-state index < -0.39 is 18.3 Å². The molecular formula is C20H36N2O5. The number of nitrogens with zero attached hydrogens (tertiary/aromatic N) is 2. The molecule has 0 unspecified atom stereocenters. The fraction of sp³-hybridized carbons (Fsp3) is 0.950. The molecule has 156 valence electrons. The lowest BCUT2D eigenvalue weighted by molar-refractivity contribution is -0.141. The van der Waals surface area contributed by atoms with E-state index in [1.165, 1.54) is 0 Å². The van der Waals surface area contributed by atoms with Gasteiger partial charge in [-0.05, 0) is 51.4 Å². The van der Waals surface area contributed by atoms with Crippen LogP contribution in [-0.2, 0) is 9.53 Å². The Labute approximate surface area is 162 Å². The molecule has 2 saturated heterocycles. The van der Waals surface area contributed by atoms with Gasteiger partial charge in [-0.3, -0.25) is 9.69 Å². The topological polar surface area (TPSA) is 93.5 Å². The van der Waals surface area contributed by atoms with Crippen molar-refractivity contribution in [3.05, 3.63) is 0 Å². The first kappa shape index (κ1) is 21.0. The lowest BCUT2D eigenvalue weighted by Gasteiger charge is -2.44. The van der Waals surface area contributed by atoms with E-state index >= 15 is 0 Å². The molecule has 2 heterocycles. The minimum atomic E-state index is -1.07. The van der Waals surface area contributed by atoms with E-state index in [4.69, 9.17) is 4.74 Å². The van der Waals surface area contributed by atoms with Crippen LogP contribution in [-0.4, -0.2) is 94.8 Å². The summed E-state index contributed by atoms with van der Waals surface area (Å²) in [5, 5.41) is 29.9. The van der Waals surface area contributed by atoms with Gasteiger partial charge in [-0.25, -0.2) is 0 Å². The summed E-state index contributed by atoms with van der Waals surface area (Å²) < 4.78 is 5.40. The second kappa shape index (κ2) is 9.18. The Balaban J connectivity index is 1.44. The number of carbonyl (C=O) groups excluding carboxylic acids is 1. The van der Waals surface area contributed by atoms with Crippen LogP contribution < -0.4 is 0 Å². The molecule has 0 aromatic heterocycles. The SMILES string of the molecule is COC1CCC(C(=O)N2CCC(CN3C[C@H](O)[C@@H](O)[C@H](O)[C@H]3C)CC2)CC1. The molecule has 0 radical (unpaired) electrons. The smallest absolute Gasteiger partial charge is 0.225 e. The molecule has 4 atom stereocenters. The number of hydrogen-bond acceptors (Lipinski definition) is 6. The van der Waals surface area contributed by atoms with Gasteiger partial charge in [0.25, 0.3) is 0 Å². The van der Waals surface area contributed by atoms with Gasteiger partial charge in [-0.1, -0.05) is 0 Å². The summed E-state index contributed by atoms with van der Waals surface area (Å²) in [6.07, 6.45) is 3.16. The number of aliphatic hydroxyl groups is 3. The number of carbonyl (C=O) groups is 1. The molecule has 7 nitrogen and oxygen atoms in total. The lowest BCUT2D eigenvalue weighted by atomic mass is 9.85. The molecule has 2 aliphatic heterocycles. The van der Waals surface area contributed by atoms with Crippen molar-refractivity contribution in [1.82, 2.24) is 9.80 Å². The minimum Gasteiger partial charge on any atom is -0.389 e. The maximum Gasteiger partial charge on any atom is 0.225 e. The van der Waals surface area contributed by atoms with E-state index in [9.17, 15) is 20.1 Å². The summed E-state index contributed by atoms with van der Waals surface area (Å²) in [4.78, 5) is 16.9. The molecular weight excluding hydrogens is 348 g/mol. The van der Waals surface area contributed by atoms with Gasteiger partial charge in [0.15, 0.2) is 0 Å². The Morgan fingerprint density at radius 2 is 1.63 bits per heavy atom. The molecule has 3 fully saturated rings. The molecule has 0 bridgehead atoms. The lowest BCUT2D eigenvalue weighted by Crippen LogP contribution is -2.61. The number of aliphatic hydroxyl groups excluding tert-OH is 3. The van der Waals surface area contributed by atoms with E-state index in [1.807, 2.05) is 11.8 Å². The van der Waals surface area contributed by atoms with Crippen molar-refractivity contribution in [3.8, 4) is 0 Å². The fourth-order valence-electron chi connectivity index (χ4n) is 4.96. The zero-order chi connectivity index (χ0) is 19.6. The van der Waals surface area contributed by atoms with Crippen LogP contribution >= 0.6 is 0 Å². The monoisotopic (exact) mass is 384 g/mol. The van der Waals surface area contributed by atoms with Gasteiger partial charge in [-0.2, -0.15) is 0 Å². The van der Waals surface area contributed by atoms with Gasteiger partial charge in [-0.15, -0.1) is 0 Å². The number of hydrogen-bond donors (Lipinski definition) is 3. The Morgan fingerprint density at radius 3 is 2.22 bits per heavy atom. The van der Waals surface area contributed by atoms with Crippen LogP contribution in [0, 0.1) is 11.8 Å². The van der Waals surface area contributed by atoms with Crippen LogP contribution in [0.15, 0.2) is 0 Å². The first-order valence-electron chi connectivity index (χ1n) is 10.5. The summed E-state index contributed by atoms with van der Waals surface area (Å²) in [6, 6.07) is -0.168. The van der Waals surface area contributed by atoms with Crippen LogP contribution in [0.4, 0.5) is 0 Å². The van der Waals surface area contributed by atoms with Crippen molar-refractivity contribution in [2.75, 3.05) is 33.3 Å². The zero-order valence-corrected chi connectivity index (χ0v) is 16.7. The second-order valence-corrected chi connectivity index (χ2v) is 8.72. The number of rotatable bonds is 4. The highest BCUT2D eigenvalue weighted by atomic mass is 16.5. The number of likely N-dealkylation sites (tertiary alicyclic amines) is 2. The fourth-order valence-corrected chi connectivity index (χ4v) is 4.96. The van der Waals surface area contributed by atoms with Gasteiger partial charge in [0, 0.05) is 45.2 Å². The summed E-state index contributed by atoms with van der Waals surface area (Å²) in [5.74, 6) is 0.917. The molecule has 3 rings (SSSR count). The van der Waals surface area contributed by atoms with Crippen LogP contribution in [0.2, 0.25) is 0 Å². The van der Waals surface area contributed by atoms with Crippen LogP contribution in [0.3, 0.4) is 0 Å². The third-order valence-electron chi connectivity index (χ3n) is 7.01. The number of ether oxygens (including phenoxy) is 1. The highest BCUT2D eigenvalue weighted by Gasteiger charge is 2.40. The summed E-state index contributed by atoms with van der Waals surface area (Å²) in [6.45, 7) is 4.67. The van der Waals surface area contributed by atoms with Crippen molar-refractivity contribution >= 4 is 5.91 Å². The molecule has 27 heavy (non-hydrogen) atoms. The molecule has 1 saturated carbocycles. The molecule has 0 aromatic rings. The predicted molar refractivity (Wildman–Crippen MR) is 101 cm³/mol. The number of amides is 1. The van der Waals surface area contributed by atoms with E-state index in [1.54, 1.807) is 7.11 Å². The zero-order valence-electron chi connectivity index (χ0n) is 16.7. The van der Waals surface area contributed by atoms with Crippen molar-refractivity contribution in [2.45, 2.75) is 75.9 Å². The predicted octanol–water partition coefficient (Wildman–Crippen LogP) is 0.217. The highest BCUT2D eigenvalue weighted by Crippen LogP contribution is 2.30. The van der Waals surface area contributed by atoms with E-state index in [0.717, 1.165) is 58.2 Å². The minimum absolute atomic E-state index is 0.154. The van der Waals surface area contributed by atoms with E-state index in [2.05, 4.69) is 4.90 Å². The number of piperidine rings is 2. The largest absolute Gasteiger partial charge is 0.389 e. The molecule has 3 N–H and O–H groups in total. The maximum absolute atomic E-state index is 12.8. The molecule has 1 amide bonds. The Kier molecular flexibility index (Phi) is 7.14. The first-order valence-corrected chi connectivity index (χ1v) is 10.5. The van der Waals surface area contributed by atoms with Crippen LogP contribution in [0.25, 0.3) is 0 Å². The van der Waals surface area contributed by atoms with Crippen LogP contribution in [0.1, 0.15) is 45.4 Å². The van der Waals surface area contributed by atoms with Crippen molar-refractivity contribution in [1.29, 1.82) is 0 Å². The first-order chi connectivity index (χ1) is 12.9. The Hall–Kier alpha value is -0.730. The van der Waals surface area contributed by atoms with Crippen molar-refractivity contribution < 1.29 is 24.9 Å². The molecule has 0 aromatic carbocycles. The van der Waals surface area contributed by atoms with Gasteiger partial charge < -0.3 is 25.0 Å². The Bertz CT molecular complexity index is 489. The summed E-state index contributed by atoms with van der Waals surface area (Å²) in [5.41, 5.74) is 0.